The fourth-order valence-electron chi connectivity index (χ4n) is 2.44. The van der Waals surface area contributed by atoms with Crippen LogP contribution in [-0.2, 0) is 17.1 Å². The zero-order valence-electron chi connectivity index (χ0n) is 11.8. The maximum absolute atomic E-state index is 12.6. The van der Waals surface area contributed by atoms with E-state index in [1.165, 1.54) is 4.31 Å². The van der Waals surface area contributed by atoms with E-state index in [-0.39, 0.29) is 11.1 Å². The second-order valence-corrected chi connectivity index (χ2v) is 7.98. The van der Waals surface area contributed by atoms with Crippen molar-refractivity contribution in [2.24, 2.45) is 7.05 Å². The number of halogens is 1. The Morgan fingerprint density at radius 3 is 2.71 bits per heavy atom. The zero-order chi connectivity index (χ0) is 15.2. The van der Waals surface area contributed by atoms with Crippen molar-refractivity contribution in [1.29, 1.82) is 0 Å². The molecule has 1 aliphatic heterocycles. The maximum Gasteiger partial charge on any atom is 0.262 e. The molecule has 0 bridgehead atoms. The SMILES string of the molecule is Cc1nc(S(=O)(=O)N2CCC(n3cc(Br)cn3)C2)cn1C. The van der Waals surface area contributed by atoms with Crippen LogP contribution in [0.5, 0.6) is 0 Å². The van der Waals surface area contributed by atoms with Gasteiger partial charge < -0.3 is 4.57 Å². The minimum absolute atomic E-state index is 0.0656. The Morgan fingerprint density at radius 2 is 2.14 bits per heavy atom. The Bertz CT molecular complexity index is 747. The highest BCUT2D eigenvalue weighted by atomic mass is 79.9. The van der Waals surface area contributed by atoms with E-state index < -0.39 is 10.0 Å². The number of sulfonamides is 1. The molecule has 0 amide bonds. The van der Waals surface area contributed by atoms with Gasteiger partial charge in [0.15, 0.2) is 5.03 Å². The van der Waals surface area contributed by atoms with E-state index in [4.69, 9.17) is 0 Å². The molecule has 1 aliphatic rings. The first-order chi connectivity index (χ1) is 9.88. The highest BCUT2D eigenvalue weighted by Crippen LogP contribution is 2.27. The summed E-state index contributed by atoms with van der Waals surface area (Å²) in [5, 5.41) is 4.35. The topological polar surface area (TPSA) is 73.0 Å². The summed E-state index contributed by atoms with van der Waals surface area (Å²) in [6.07, 6.45) is 5.88. The second kappa shape index (κ2) is 5.22. The van der Waals surface area contributed by atoms with Crippen LogP contribution in [0.25, 0.3) is 0 Å². The molecule has 1 fully saturated rings. The molecule has 3 rings (SSSR count). The molecule has 0 saturated carbocycles. The molecule has 7 nitrogen and oxygen atoms in total. The molecular formula is C12H16BrN5O2S. The molecule has 0 spiro atoms. The lowest BCUT2D eigenvalue weighted by atomic mass is 10.3. The average molecular weight is 374 g/mol. The molecule has 0 N–H and O–H groups in total. The van der Waals surface area contributed by atoms with Gasteiger partial charge in [-0.3, -0.25) is 4.68 Å². The van der Waals surface area contributed by atoms with E-state index in [1.54, 1.807) is 30.9 Å². The standard InChI is InChI=1S/C12H16BrN5O2S/c1-9-15-12(8-16(9)2)21(19,20)17-4-3-11(7-17)18-6-10(13)5-14-18/h5-6,8,11H,3-4,7H2,1-2H3. The molecule has 0 aliphatic carbocycles. The van der Waals surface area contributed by atoms with Gasteiger partial charge in [0.1, 0.15) is 5.82 Å². The van der Waals surface area contributed by atoms with Gasteiger partial charge in [-0.25, -0.2) is 13.4 Å². The summed E-state index contributed by atoms with van der Waals surface area (Å²) in [5.74, 6) is 0.681. The van der Waals surface area contributed by atoms with Crippen LogP contribution in [0.2, 0.25) is 0 Å². The van der Waals surface area contributed by atoms with E-state index in [2.05, 4.69) is 26.0 Å². The molecule has 1 saturated heterocycles. The van der Waals surface area contributed by atoms with Crippen molar-refractivity contribution in [3.8, 4) is 0 Å². The molecular weight excluding hydrogens is 358 g/mol. The van der Waals surface area contributed by atoms with Crippen LogP contribution in [0.4, 0.5) is 0 Å². The number of rotatable bonds is 3. The van der Waals surface area contributed by atoms with Crippen molar-refractivity contribution in [3.63, 3.8) is 0 Å². The van der Waals surface area contributed by atoms with Gasteiger partial charge >= 0.3 is 0 Å². The summed E-state index contributed by atoms with van der Waals surface area (Å²) in [5.41, 5.74) is 0. The zero-order valence-corrected chi connectivity index (χ0v) is 14.2. The molecule has 9 heteroatoms. The summed E-state index contributed by atoms with van der Waals surface area (Å²) in [6.45, 7) is 2.69. The summed E-state index contributed by atoms with van der Waals surface area (Å²) in [4.78, 5) is 4.13. The third-order valence-corrected chi connectivity index (χ3v) is 5.91. The molecule has 3 heterocycles. The molecule has 21 heavy (non-hydrogen) atoms. The van der Waals surface area contributed by atoms with E-state index in [1.807, 2.05) is 10.9 Å². The molecule has 0 radical (unpaired) electrons. The molecule has 0 aromatic carbocycles. The maximum atomic E-state index is 12.6. The predicted octanol–water partition coefficient (Wildman–Crippen LogP) is 1.32. The van der Waals surface area contributed by atoms with Crippen molar-refractivity contribution in [2.45, 2.75) is 24.4 Å². The molecule has 114 valence electrons. The number of aryl methyl sites for hydroxylation is 2. The number of imidazole rings is 1. The van der Waals surface area contributed by atoms with Crippen molar-refractivity contribution in [2.75, 3.05) is 13.1 Å². The summed E-state index contributed by atoms with van der Waals surface area (Å²) < 4.78 is 31.1. The minimum atomic E-state index is -3.53. The Balaban J connectivity index is 1.82. The fourth-order valence-corrected chi connectivity index (χ4v) is 4.26. The first kappa shape index (κ1) is 14.7. The number of hydrogen-bond donors (Lipinski definition) is 0. The fraction of sp³-hybridized carbons (Fsp3) is 0.500. The first-order valence-corrected chi connectivity index (χ1v) is 8.81. The predicted molar refractivity (Wildman–Crippen MR) is 80.3 cm³/mol. The van der Waals surface area contributed by atoms with Gasteiger partial charge in [0.05, 0.1) is 16.7 Å². The van der Waals surface area contributed by atoms with E-state index in [9.17, 15) is 8.42 Å². The van der Waals surface area contributed by atoms with Gasteiger partial charge in [-0.15, -0.1) is 0 Å². The van der Waals surface area contributed by atoms with Gasteiger partial charge in [0.25, 0.3) is 10.0 Å². The van der Waals surface area contributed by atoms with E-state index >= 15 is 0 Å². The number of aromatic nitrogens is 4. The van der Waals surface area contributed by atoms with Crippen LogP contribution in [0.1, 0.15) is 18.3 Å². The van der Waals surface area contributed by atoms with Crippen LogP contribution in [0.15, 0.2) is 28.1 Å². The average Bonchev–Trinajstić information content (AvgIpc) is 3.11. The second-order valence-electron chi connectivity index (χ2n) is 5.18. The van der Waals surface area contributed by atoms with E-state index in [0.29, 0.717) is 18.9 Å². The summed E-state index contributed by atoms with van der Waals surface area (Å²) in [7, 11) is -1.74. The van der Waals surface area contributed by atoms with Crippen LogP contribution in [0.3, 0.4) is 0 Å². The normalized spacial score (nSPS) is 20.2. The van der Waals surface area contributed by atoms with Crippen molar-refractivity contribution >= 4 is 26.0 Å². The van der Waals surface area contributed by atoms with Gasteiger partial charge in [-0.1, -0.05) is 0 Å². The quantitative estimate of drug-likeness (QED) is 0.813. The van der Waals surface area contributed by atoms with Crippen molar-refractivity contribution in [3.05, 3.63) is 28.9 Å². The highest BCUT2D eigenvalue weighted by Gasteiger charge is 2.35. The highest BCUT2D eigenvalue weighted by molar-refractivity contribution is 9.10. The molecule has 1 atom stereocenters. The largest absolute Gasteiger partial charge is 0.337 e. The lowest BCUT2D eigenvalue weighted by Crippen LogP contribution is -2.29. The lowest BCUT2D eigenvalue weighted by Gasteiger charge is -2.15. The van der Waals surface area contributed by atoms with Crippen molar-refractivity contribution in [1.82, 2.24) is 23.6 Å². The van der Waals surface area contributed by atoms with Gasteiger partial charge in [-0.2, -0.15) is 9.40 Å². The van der Waals surface area contributed by atoms with Crippen molar-refractivity contribution < 1.29 is 8.42 Å². The Labute approximate surface area is 131 Å². The Hall–Kier alpha value is -1.19. The number of nitrogens with zero attached hydrogens (tertiary/aromatic N) is 5. The Morgan fingerprint density at radius 1 is 1.38 bits per heavy atom. The summed E-state index contributed by atoms with van der Waals surface area (Å²) in [6, 6.07) is 0.0656. The lowest BCUT2D eigenvalue weighted by molar-refractivity contribution is 0.433. The summed E-state index contributed by atoms with van der Waals surface area (Å²) >= 11 is 3.35. The van der Waals surface area contributed by atoms with Gasteiger partial charge in [0, 0.05) is 32.5 Å². The van der Waals surface area contributed by atoms with Crippen LogP contribution >= 0.6 is 15.9 Å². The third kappa shape index (κ3) is 2.65. The third-order valence-electron chi connectivity index (χ3n) is 3.76. The van der Waals surface area contributed by atoms with Gasteiger partial charge in [-0.05, 0) is 29.3 Å². The smallest absolute Gasteiger partial charge is 0.262 e. The molecule has 2 aromatic heterocycles. The number of hydrogen-bond acceptors (Lipinski definition) is 4. The molecule has 1 unspecified atom stereocenters. The minimum Gasteiger partial charge on any atom is -0.337 e. The van der Waals surface area contributed by atoms with E-state index in [0.717, 1.165) is 10.9 Å². The molecule has 2 aromatic rings. The monoisotopic (exact) mass is 373 g/mol. The van der Waals surface area contributed by atoms with Crippen LogP contribution in [-0.4, -0.2) is 45.1 Å². The van der Waals surface area contributed by atoms with Gasteiger partial charge in [0.2, 0.25) is 0 Å². The van der Waals surface area contributed by atoms with Crippen LogP contribution < -0.4 is 0 Å². The van der Waals surface area contributed by atoms with Crippen LogP contribution in [0, 0.1) is 6.92 Å². The first-order valence-electron chi connectivity index (χ1n) is 6.57. The Kier molecular flexibility index (Phi) is 3.66.